The van der Waals surface area contributed by atoms with E-state index in [4.69, 9.17) is 21.4 Å². The Morgan fingerprint density at radius 2 is 1.82 bits per heavy atom. The molecule has 1 aliphatic heterocycles. The Hall–Kier alpha value is -2.64. The molecule has 0 amide bonds. The fraction of sp³-hybridized carbons (Fsp3) is 0.333. The molecule has 0 atom stereocenters. The molecule has 0 radical (unpaired) electrons. The van der Waals surface area contributed by atoms with Crippen molar-refractivity contribution in [2.45, 2.75) is 20.2 Å². The van der Waals surface area contributed by atoms with E-state index < -0.39 is 0 Å². The summed E-state index contributed by atoms with van der Waals surface area (Å²) in [5.41, 5.74) is 2.43. The highest BCUT2D eigenvalue weighted by Crippen LogP contribution is 2.17. The number of hydrogen-bond acceptors (Lipinski definition) is 6. The number of hydrogen-bond donors (Lipinski definition) is 0. The Kier molecular flexibility index (Phi) is 5.73. The number of para-hydroxylation sites is 1. The number of piperazine rings is 1. The molecule has 6 nitrogen and oxygen atoms in total. The fourth-order valence-corrected chi connectivity index (χ4v) is 3.52. The van der Waals surface area contributed by atoms with Crippen LogP contribution in [0.4, 0.5) is 5.69 Å². The minimum atomic E-state index is 0.266. The van der Waals surface area contributed by atoms with E-state index in [1.165, 1.54) is 5.69 Å². The lowest BCUT2D eigenvalue weighted by molar-refractivity contribution is 0.192. The van der Waals surface area contributed by atoms with Gasteiger partial charge in [-0.1, -0.05) is 30.3 Å². The fourth-order valence-electron chi connectivity index (χ4n) is 3.32. The summed E-state index contributed by atoms with van der Waals surface area (Å²) in [5, 5.41) is 4.48. The molecule has 28 heavy (non-hydrogen) atoms. The lowest BCUT2D eigenvalue weighted by Crippen LogP contribution is -2.46. The maximum absolute atomic E-state index is 5.76. The molecule has 4 rings (SSSR count). The van der Waals surface area contributed by atoms with E-state index in [1.807, 2.05) is 37.3 Å². The zero-order chi connectivity index (χ0) is 19.3. The number of benzene rings is 2. The topological polar surface area (TPSA) is 46.7 Å². The Morgan fingerprint density at radius 3 is 2.57 bits per heavy atom. The van der Waals surface area contributed by atoms with Crippen LogP contribution in [-0.4, -0.2) is 40.9 Å². The first-order valence-electron chi connectivity index (χ1n) is 9.46. The van der Waals surface area contributed by atoms with Crippen molar-refractivity contribution in [1.82, 2.24) is 14.7 Å². The van der Waals surface area contributed by atoms with E-state index in [1.54, 1.807) is 4.68 Å². The van der Waals surface area contributed by atoms with Gasteiger partial charge < -0.3 is 14.1 Å². The molecule has 0 saturated carbocycles. The molecule has 2 aromatic carbocycles. The quantitative estimate of drug-likeness (QED) is 0.590. The molecule has 2 heterocycles. The van der Waals surface area contributed by atoms with E-state index in [0.29, 0.717) is 17.4 Å². The van der Waals surface area contributed by atoms with Crippen molar-refractivity contribution in [2.24, 2.45) is 0 Å². The van der Waals surface area contributed by atoms with Gasteiger partial charge in [-0.25, -0.2) is 4.68 Å². The van der Waals surface area contributed by atoms with Crippen LogP contribution in [0.15, 0.2) is 59.0 Å². The molecule has 146 valence electrons. The second-order valence-electron chi connectivity index (χ2n) is 6.95. The minimum absolute atomic E-state index is 0.266. The van der Waals surface area contributed by atoms with Crippen molar-refractivity contribution >= 4 is 17.9 Å². The summed E-state index contributed by atoms with van der Waals surface area (Å²) in [6.07, 6.45) is 0. The van der Waals surface area contributed by atoms with Gasteiger partial charge in [0.1, 0.15) is 5.75 Å². The summed E-state index contributed by atoms with van der Waals surface area (Å²) in [6.45, 7) is 6.82. The van der Waals surface area contributed by atoms with Gasteiger partial charge in [0, 0.05) is 31.9 Å². The first-order valence-corrected chi connectivity index (χ1v) is 9.87. The third-order valence-corrected chi connectivity index (χ3v) is 5.12. The van der Waals surface area contributed by atoms with E-state index in [0.717, 1.165) is 37.5 Å². The molecule has 7 heteroatoms. The molecule has 1 aliphatic rings. The normalized spacial score (nSPS) is 15.0. The Bertz CT molecular complexity index is 962. The van der Waals surface area contributed by atoms with Gasteiger partial charge in [0.15, 0.2) is 6.61 Å². The monoisotopic (exact) mass is 396 g/mol. The predicted octanol–water partition coefficient (Wildman–Crippen LogP) is 3.87. The van der Waals surface area contributed by atoms with E-state index in [9.17, 15) is 0 Å². The first kappa shape index (κ1) is 18.7. The highest BCUT2D eigenvalue weighted by Gasteiger charge is 2.18. The number of rotatable bonds is 6. The van der Waals surface area contributed by atoms with Crippen molar-refractivity contribution < 1.29 is 9.15 Å². The zero-order valence-electron chi connectivity index (χ0n) is 16.0. The Labute approximate surface area is 169 Å². The van der Waals surface area contributed by atoms with Crippen LogP contribution in [0.5, 0.6) is 5.75 Å². The summed E-state index contributed by atoms with van der Waals surface area (Å²) in [7, 11) is 0. The summed E-state index contributed by atoms with van der Waals surface area (Å²) in [6, 6.07) is 18.4. The number of aryl methyl sites for hydroxylation is 1. The Morgan fingerprint density at radius 1 is 1.04 bits per heavy atom. The van der Waals surface area contributed by atoms with Crippen LogP contribution < -0.4 is 9.64 Å². The molecule has 3 aromatic rings. The summed E-state index contributed by atoms with van der Waals surface area (Å²) in [5.74, 6) is 1.29. The van der Waals surface area contributed by atoms with Crippen molar-refractivity contribution in [2.75, 3.05) is 31.1 Å². The second-order valence-corrected chi connectivity index (χ2v) is 7.30. The van der Waals surface area contributed by atoms with Crippen LogP contribution in [0.3, 0.4) is 0 Å². The lowest BCUT2D eigenvalue weighted by atomic mass is 10.2. The van der Waals surface area contributed by atoms with Crippen molar-refractivity contribution in [3.63, 3.8) is 0 Å². The van der Waals surface area contributed by atoms with Crippen LogP contribution >= 0.6 is 12.2 Å². The van der Waals surface area contributed by atoms with Gasteiger partial charge in [-0.2, -0.15) is 0 Å². The number of nitrogens with zero attached hydrogens (tertiary/aromatic N) is 4. The van der Waals surface area contributed by atoms with Crippen LogP contribution in [0.1, 0.15) is 11.5 Å². The maximum Gasteiger partial charge on any atom is 0.288 e. The lowest BCUT2D eigenvalue weighted by Gasteiger charge is -2.35. The van der Waals surface area contributed by atoms with Gasteiger partial charge in [0.05, 0.1) is 6.67 Å². The Balaban J connectivity index is 1.31. The molecule has 1 saturated heterocycles. The van der Waals surface area contributed by atoms with Gasteiger partial charge in [0.25, 0.3) is 10.7 Å². The molecule has 0 unspecified atom stereocenters. The van der Waals surface area contributed by atoms with Crippen molar-refractivity contribution in [1.29, 1.82) is 0 Å². The summed E-state index contributed by atoms with van der Waals surface area (Å²) in [4.78, 5) is 5.12. The highest BCUT2D eigenvalue weighted by atomic mass is 32.1. The average Bonchev–Trinajstić information content (AvgIpc) is 3.07. The molecule has 0 N–H and O–H groups in total. The standard InChI is InChI=1S/C21H24N4O2S/c1-17-6-5-9-19(14-17)26-15-20-22-25(21(28)27-20)16-23-10-12-24(13-11-23)18-7-3-2-4-8-18/h2-9,14H,10-13,15-16H2,1H3. The van der Waals surface area contributed by atoms with Crippen LogP contribution in [0.2, 0.25) is 0 Å². The summed E-state index contributed by atoms with van der Waals surface area (Å²) >= 11 is 5.33. The second kappa shape index (κ2) is 8.58. The average molecular weight is 397 g/mol. The maximum atomic E-state index is 5.76. The zero-order valence-corrected chi connectivity index (χ0v) is 16.8. The van der Waals surface area contributed by atoms with Gasteiger partial charge in [0.2, 0.25) is 0 Å². The molecule has 0 aliphatic carbocycles. The van der Waals surface area contributed by atoms with Gasteiger partial charge in [-0.05, 0) is 49.0 Å². The predicted molar refractivity (Wildman–Crippen MR) is 111 cm³/mol. The van der Waals surface area contributed by atoms with Gasteiger partial charge in [-0.15, -0.1) is 5.10 Å². The SMILES string of the molecule is Cc1cccc(OCc2nn(CN3CCN(c4ccccc4)CC3)c(=S)o2)c1. The largest absolute Gasteiger partial charge is 0.484 e. The van der Waals surface area contributed by atoms with E-state index in [2.05, 4.69) is 39.2 Å². The van der Waals surface area contributed by atoms with Crippen LogP contribution in [0, 0.1) is 11.8 Å². The number of aromatic nitrogens is 2. The molecule has 1 fully saturated rings. The molecule has 1 aromatic heterocycles. The smallest absolute Gasteiger partial charge is 0.288 e. The highest BCUT2D eigenvalue weighted by molar-refractivity contribution is 7.71. The third kappa shape index (κ3) is 4.61. The molecule has 0 bridgehead atoms. The minimum Gasteiger partial charge on any atom is -0.484 e. The van der Waals surface area contributed by atoms with Gasteiger partial charge in [-0.3, -0.25) is 4.90 Å². The van der Waals surface area contributed by atoms with E-state index in [-0.39, 0.29) is 6.61 Å². The molecular formula is C21H24N4O2S. The van der Waals surface area contributed by atoms with E-state index >= 15 is 0 Å². The number of ether oxygens (including phenoxy) is 1. The van der Waals surface area contributed by atoms with Gasteiger partial charge >= 0.3 is 0 Å². The molecule has 0 spiro atoms. The van der Waals surface area contributed by atoms with Crippen LogP contribution in [0.25, 0.3) is 0 Å². The number of anilines is 1. The third-order valence-electron chi connectivity index (χ3n) is 4.83. The molecular weight excluding hydrogens is 372 g/mol. The van der Waals surface area contributed by atoms with Crippen LogP contribution in [-0.2, 0) is 13.3 Å². The van der Waals surface area contributed by atoms with Crippen molar-refractivity contribution in [3.05, 3.63) is 70.9 Å². The summed E-state index contributed by atoms with van der Waals surface area (Å²) < 4.78 is 13.1. The first-order chi connectivity index (χ1) is 13.7. The van der Waals surface area contributed by atoms with Crippen molar-refractivity contribution in [3.8, 4) is 5.75 Å².